The molecule has 0 aliphatic rings. The molecule has 156 valence electrons. The Kier molecular flexibility index (Phi) is 5.91. The van der Waals surface area contributed by atoms with Crippen molar-refractivity contribution < 1.29 is 40.7 Å². The van der Waals surface area contributed by atoms with Gasteiger partial charge in [0, 0.05) is 5.69 Å². The SMILES string of the molecule is COC(=O)c1cc(C(F)(F)F)c(C(F)(F)F)cc1C(=O)Nc1ccc(C)c(C)n1. The van der Waals surface area contributed by atoms with E-state index in [1.807, 2.05) is 0 Å². The van der Waals surface area contributed by atoms with Gasteiger partial charge in [0.25, 0.3) is 5.91 Å². The van der Waals surface area contributed by atoms with Gasteiger partial charge in [-0.1, -0.05) is 6.07 Å². The van der Waals surface area contributed by atoms with Crippen LogP contribution in [0.4, 0.5) is 32.2 Å². The molecule has 1 heterocycles. The lowest BCUT2D eigenvalue weighted by atomic mass is 9.96. The van der Waals surface area contributed by atoms with Gasteiger partial charge < -0.3 is 10.1 Å². The van der Waals surface area contributed by atoms with Crippen molar-refractivity contribution >= 4 is 17.7 Å². The fraction of sp³-hybridized carbons (Fsp3) is 0.278. The highest BCUT2D eigenvalue weighted by Gasteiger charge is 2.44. The summed E-state index contributed by atoms with van der Waals surface area (Å²) in [7, 11) is 0.819. The highest BCUT2D eigenvalue weighted by atomic mass is 19.4. The molecule has 0 fully saturated rings. The Morgan fingerprint density at radius 3 is 1.90 bits per heavy atom. The van der Waals surface area contributed by atoms with Crippen LogP contribution in [0.3, 0.4) is 0 Å². The molecule has 0 spiro atoms. The number of amides is 1. The predicted molar refractivity (Wildman–Crippen MR) is 89.4 cm³/mol. The van der Waals surface area contributed by atoms with Crippen molar-refractivity contribution in [3.8, 4) is 0 Å². The van der Waals surface area contributed by atoms with Gasteiger partial charge in [-0.2, -0.15) is 26.3 Å². The van der Waals surface area contributed by atoms with Gasteiger partial charge in [0.1, 0.15) is 5.82 Å². The zero-order valence-corrected chi connectivity index (χ0v) is 15.2. The number of carbonyl (C=O) groups is 2. The fourth-order valence-electron chi connectivity index (χ4n) is 2.42. The molecule has 1 aromatic heterocycles. The van der Waals surface area contributed by atoms with Crippen molar-refractivity contribution in [3.63, 3.8) is 0 Å². The number of hydrogen-bond acceptors (Lipinski definition) is 4. The summed E-state index contributed by atoms with van der Waals surface area (Å²) in [5, 5.41) is 2.18. The minimum Gasteiger partial charge on any atom is -0.465 e. The number of benzene rings is 1. The molecular weight excluding hydrogens is 406 g/mol. The van der Waals surface area contributed by atoms with E-state index in [4.69, 9.17) is 0 Å². The Labute approximate surface area is 160 Å². The highest BCUT2D eigenvalue weighted by molar-refractivity contribution is 6.11. The Bertz CT molecular complexity index is 967. The van der Waals surface area contributed by atoms with Crippen LogP contribution in [-0.2, 0) is 17.1 Å². The molecule has 1 N–H and O–H groups in total. The summed E-state index contributed by atoms with van der Waals surface area (Å²) in [6, 6.07) is 2.86. The Morgan fingerprint density at radius 2 is 1.45 bits per heavy atom. The van der Waals surface area contributed by atoms with Crippen LogP contribution in [0, 0.1) is 13.8 Å². The first-order valence-corrected chi connectivity index (χ1v) is 7.92. The Hall–Kier alpha value is -3.11. The average Bonchev–Trinajstić information content (AvgIpc) is 2.61. The van der Waals surface area contributed by atoms with Crippen LogP contribution in [0.15, 0.2) is 24.3 Å². The van der Waals surface area contributed by atoms with Crippen molar-refractivity contribution in [2.24, 2.45) is 0 Å². The van der Waals surface area contributed by atoms with Gasteiger partial charge in [0.2, 0.25) is 0 Å². The number of hydrogen-bond donors (Lipinski definition) is 1. The maximum absolute atomic E-state index is 13.2. The van der Waals surface area contributed by atoms with E-state index in [1.165, 1.54) is 6.07 Å². The van der Waals surface area contributed by atoms with E-state index >= 15 is 0 Å². The summed E-state index contributed by atoms with van der Waals surface area (Å²) in [6.07, 6.45) is -10.8. The number of alkyl halides is 6. The number of anilines is 1. The molecule has 11 heteroatoms. The molecule has 1 amide bonds. The van der Waals surface area contributed by atoms with Gasteiger partial charge in [0.05, 0.1) is 29.4 Å². The van der Waals surface area contributed by atoms with Gasteiger partial charge in [-0.05, 0) is 37.6 Å². The van der Waals surface area contributed by atoms with Gasteiger partial charge in [-0.25, -0.2) is 9.78 Å². The number of ether oxygens (including phenoxy) is 1. The van der Waals surface area contributed by atoms with Gasteiger partial charge in [-0.15, -0.1) is 0 Å². The quantitative estimate of drug-likeness (QED) is 0.574. The second-order valence-corrected chi connectivity index (χ2v) is 5.98. The fourth-order valence-corrected chi connectivity index (χ4v) is 2.42. The summed E-state index contributed by atoms with van der Waals surface area (Å²) in [6.45, 7) is 3.35. The number of nitrogens with zero attached hydrogens (tertiary/aromatic N) is 1. The minimum atomic E-state index is -5.42. The normalized spacial score (nSPS) is 11.9. The van der Waals surface area contributed by atoms with Crippen LogP contribution in [0.2, 0.25) is 0 Å². The first-order chi connectivity index (χ1) is 13.3. The van der Waals surface area contributed by atoms with Crippen LogP contribution in [0.1, 0.15) is 43.1 Å². The molecule has 0 bridgehead atoms. The van der Waals surface area contributed by atoms with E-state index in [2.05, 4.69) is 15.0 Å². The van der Waals surface area contributed by atoms with E-state index in [0.717, 1.165) is 12.7 Å². The number of nitrogens with one attached hydrogen (secondary N) is 1. The number of esters is 1. The van der Waals surface area contributed by atoms with Gasteiger partial charge >= 0.3 is 18.3 Å². The van der Waals surface area contributed by atoms with E-state index < -0.39 is 46.5 Å². The van der Waals surface area contributed by atoms with Crippen LogP contribution in [0.5, 0.6) is 0 Å². The lowest BCUT2D eigenvalue weighted by Crippen LogP contribution is -2.23. The molecule has 0 unspecified atom stereocenters. The van der Waals surface area contributed by atoms with E-state index in [-0.39, 0.29) is 18.0 Å². The average molecular weight is 420 g/mol. The number of aryl methyl sites for hydroxylation is 2. The van der Waals surface area contributed by atoms with Crippen molar-refractivity contribution in [1.82, 2.24) is 4.98 Å². The number of pyridine rings is 1. The summed E-state index contributed by atoms with van der Waals surface area (Å²) in [4.78, 5) is 28.4. The highest BCUT2D eigenvalue weighted by Crippen LogP contribution is 2.41. The second kappa shape index (κ2) is 7.72. The molecule has 5 nitrogen and oxygen atoms in total. The molecule has 0 aliphatic heterocycles. The third-order valence-corrected chi connectivity index (χ3v) is 4.01. The topological polar surface area (TPSA) is 68.3 Å². The lowest BCUT2D eigenvalue weighted by Gasteiger charge is -2.19. The summed E-state index contributed by atoms with van der Waals surface area (Å²) in [5.41, 5.74) is -4.82. The molecule has 0 radical (unpaired) electrons. The minimum absolute atomic E-state index is 0.0224. The molecule has 0 saturated heterocycles. The predicted octanol–water partition coefficient (Wildman–Crippen LogP) is 4.77. The molecular formula is C18H14F6N2O3. The van der Waals surface area contributed by atoms with Gasteiger partial charge in [0.15, 0.2) is 0 Å². The number of rotatable bonds is 3. The zero-order valence-electron chi connectivity index (χ0n) is 15.2. The molecule has 0 saturated carbocycles. The van der Waals surface area contributed by atoms with Crippen LogP contribution >= 0.6 is 0 Å². The molecule has 1 aromatic carbocycles. The van der Waals surface area contributed by atoms with E-state index in [1.54, 1.807) is 19.9 Å². The third-order valence-electron chi connectivity index (χ3n) is 4.01. The maximum atomic E-state index is 13.2. The molecule has 29 heavy (non-hydrogen) atoms. The first kappa shape index (κ1) is 22.2. The second-order valence-electron chi connectivity index (χ2n) is 5.98. The van der Waals surface area contributed by atoms with Crippen molar-refractivity contribution in [1.29, 1.82) is 0 Å². The maximum Gasteiger partial charge on any atom is 0.417 e. The van der Waals surface area contributed by atoms with Crippen LogP contribution < -0.4 is 5.32 Å². The van der Waals surface area contributed by atoms with Crippen LogP contribution in [0.25, 0.3) is 0 Å². The number of methoxy groups -OCH3 is 1. The van der Waals surface area contributed by atoms with Crippen molar-refractivity contribution in [2.75, 3.05) is 12.4 Å². The molecule has 0 aliphatic carbocycles. The third kappa shape index (κ3) is 4.84. The van der Waals surface area contributed by atoms with E-state index in [9.17, 15) is 35.9 Å². The zero-order chi connectivity index (χ0) is 22.1. The van der Waals surface area contributed by atoms with Crippen LogP contribution in [-0.4, -0.2) is 24.0 Å². The Balaban J connectivity index is 2.65. The molecule has 0 atom stereocenters. The first-order valence-electron chi connectivity index (χ1n) is 7.92. The number of halogens is 6. The monoisotopic (exact) mass is 420 g/mol. The molecule has 2 aromatic rings. The van der Waals surface area contributed by atoms with Crippen molar-refractivity contribution in [2.45, 2.75) is 26.2 Å². The Morgan fingerprint density at radius 1 is 0.931 bits per heavy atom. The van der Waals surface area contributed by atoms with Gasteiger partial charge in [-0.3, -0.25) is 4.79 Å². The smallest absolute Gasteiger partial charge is 0.417 e. The molecule has 2 rings (SSSR count). The lowest BCUT2D eigenvalue weighted by molar-refractivity contribution is -0.162. The number of carbonyl (C=O) groups excluding carboxylic acids is 2. The number of aromatic nitrogens is 1. The summed E-state index contributed by atoms with van der Waals surface area (Å²) < 4.78 is 83.3. The largest absolute Gasteiger partial charge is 0.465 e. The standard InChI is InChI=1S/C18H14F6N2O3/c1-8-4-5-14(25-9(8)2)26-15(27)10-6-12(17(19,20)21)13(18(22,23)24)7-11(10)16(28)29-3/h4-7H,1-3H3,(H,25,26,27). The summed E-state index contributed by atoms with van der Waals surface area (Å²) in [5.74, 6) is -2.70. The van der Waals surface area contributed by atoms with Crippen molar-refractivity contribution in [3.05, 3.63) is 57.8 Å². The summed E-state index contributed by atoms with van der Waals surface area (Å²) >= 11 is 0. The van der Waals surface area contributed by atoms with E-state index in [0.29, 0.717) is 5.69 Å².